The molecule has 1 amide bonds. The molecule has 0 radical (unpaired) electrons. The van der Waals surface area contributed by atoms with Gasteiger partial charge in [0.15, 0.2) is 0 Å². The molecular formula is C13H20N2O2. The van der Waals surface area contributed by atoms with Crippen molar-refractivity contribution in [3.8, 4) is 0 Å². The first-order chi connectivity index (χ1) is 8.17. The highest BCUT2D eigenvalue weighted by Crippen LogP contribution is 2.11. The van der Waals surface area contributed by atoms with Crippen molar-refractivity contribution in [3.05, 3.63) is 29.8 Å². The zero-order chi connectivity index (χ0) is 12.7. The summed E-state index contributed by atoms with van der Waals surface area (Å²) in [6.45, 7) is 2.69. The summed E-state index contributed by atoms with van der Waals surface area (Å²) >= 11 is 0. The summed E-state index contributed by atoms with van der Waals surface area (Å²) in [5.74, 6) is -0.0497. The summed E-state index contributed by atoms with van der Waals surface area (Å²) in [6.07, 6.45) is 0.643. The van der Waals surface area contributed by atoms with Crippen LogP contribution >= 0.6 is 0 Å². The molecule has 4 nitrogen and oxygen atoms in total. The fourth-order valence-corrected chi connectivity index (χ4v) is 1.55. The van der Waals surface area contributed by atoms with Gasteiger partial charge in [-0.15, -0.1) is 0 Å². The molecule has 0 aromatic heterocycles. The van der Waals surface area contributed by atoms with E-state index < -0.39 is 0 Å². The van der Waals surface area contributed by atoms with Crippen molar-refractivity contribution in [2.75, 3.05) is 25.5 Å². The second kappa shape index (κ2) is 7.04. The van der Waals surface area contributed by atoms with E-state index in [9.17, 15) is 4.79 Å². The topological polar surface area (TPSA) is 61.4 Å². The van der Waals surface area contributed by atoms with Crippen molar-refractivity contribution < 1.29 is 9.90 Å². The highest BCUT2D eigenvalue weighted by Gasteiger charge is 2.11. The van der Waals surface area contributed by atoms with Gasteiger partial charge in [-0.05, 0) is 31.2 Å². The van der Waals surface area contributed by atoms with Gasteiger partial charge in [0.25, 0.3) is 0 Å². The van der Waals surface area contributed by atoms with Gasteiger partial charge in [0.05, 0.1) is 0 Å². The number of benzene rings is 1. The molecule has 1 atom stereocenters. The average Bonchev–Trinajstić information content (AvgIpc) is 2.32. The molecule has 1 aromatic rings. The van der Waals surface area contributed by atoms with Crippen molar-refractivity contribution in [2.45, 2.75) is 13.3 Å². The largest absolute Gasteiger partial charge is 0.396 e. The molecule has 0 heterocycles. The number of nitrogens with one attached hydrogen (secondary N) is 2. The molecule has 1 aromatic carbocycles. The minimum atomic E-state index is -0.0582. The van der Waals surface area contributed by atoms with Crippen LogP contribution in [-0.4, -0.2) is 31.2 Å². The number of anilines is 1. The number of aliphatic hydroxyl groups is 1. The zero-order valence-corrected chi connectivity index (χ0v) is 10.4. The number of carbonyl (C=O) groups is 1. The molecule has 0 aliphatic rings. The smallest absolute Gasteiger partial charge is 0.228 e. The second-order valence-corrected chi connectivity index (χ2v) is 4.12. The number of hydrogen-bond donors (Lipinski definition) is 3. The molecule has 0 saturated heterocycles. The van der Waals surface area contributed by atoms with E-state index in [2.05, 4.69) is 10.6 Å². The predicted octanol–water partition coefficient (Wildman–Crippen LogP) is 1.02. The molecule has 0 bridgehead atoms. The van der Waals surface area contributed by atoms with E-state index in [1.165, 1.54) is 0 Å². The van der Waals surface area contributed by atoms with E-state index in [1.807, 2.05) is 38.2 Å². The lowest BCUT2D eigenvalue weighted by Crippen LogP contribution is -2.28. The monoisotopic (exact) mass is 236 g/mol. The maximum Gasteiger partial charge on any atom is 0.228 e. The minimum Gasteiger partial charge on any atom is -0.396 e. The Balaban J connectivity index is 2.53. The molecule has 0 spiro atoms. The van der Waals surface area contributed by atoms with Crippen LogP contribution in [0.15, 0.2) is 24.3 Å². The minimum absolute atomic E-state index is 0.00857. The third kappa shape index (κ3) is 4.54. The molecule has 1 unspecified atom stereocenters. The van der Waals surface area contributed by atoms with E-state index in [0.717, 1.165) is 11.3 Å². The van der Waals surface area contributed by atoms with Crippen molar-refractivity contribution in [1.82, 2.24) is 5.32 Å². The molecule has 0 fully saturated rings. The van der Waals surface area contributed by atoms with Crippen LogP contribution in [0.3, 0.4) is 0 Å². The lowest BCUT2D eigenvalue weighted by atomic mass is 10.1. The lowest BCUT2D eigenvalue weighted by molar-refractivity contribution is -0.119. The van der Waals surface area contributed by atoms with Crippen molar-refractivity contribution in [1.29, 1.82) is 0 Å². The fourth-order valence-electron chi connectivity index (χ4n) is 1.55. The molecule has 0 aliphatic heterocycles. The van der Waals surface area contributed by atoms with Gasteiger partial charge >= 0.3 is 0 Å². The quantitative estimate of drug-likeness (QED) is 0.691. The van der Waals surface area contributed by atoms with Crippen LogP contribution in [-0.2, 0) is 11.2 Å². The number of aliphatic hydroxyl groups excluding tert-OH is 1. The summed E-state index contributed by atoms with van der Waals surface area (Å²) < 4.78 is 0. The first-order valence-corrected chi connectivity index (χ1v) is 5.82. The Kier molecular flexibility index (Phi) is 5.66. The van der Waals surface area contributed by atoms with Crippen molar-refractivity contribution >= 4 is 11.6 Å². The Hall–Kier alpha value is -1.39. The zero-order valence-electron chi connectivity index (χ0n) is 10.4. The molecular weight excluding hydrogens is 216 g/mol. The summed E-state index contributed by atoms with van der Waals surface area (Å²) in [5.41, 5.74) is 1.86. The van der Waals surface area contributed by atoms with E-state index in [-0.39, 0.29) is 18.4 Å². The van der Waals surface area contributed by atoms with E-state index in [4.69, 9.17) is 5.11 Å². The number of carbonyl (C=O) groups excluding carboxylic acids is 1. The lowest BCUT2D eigenvalue weighted by Gasteiger charge is -2.11. The summed E-state index contributed by atoms with van der Waals surface area (Å²) in [5, 5.41) is 14.6. The summed E-state index contributed by atoms with van der Waals surface area (Å²) in [6, 6.07) is 7.53. The van der Waals surface area contributed by atoms with Crippen LogP contribution in [0, 0.1) is 5.92 Å². The van der Waals surface area contributed by atoms with Crippen LogP contribution in [0.4, 0.5) is 5.69 Å². The molecule has 1 rings (SSSR count). The molecule has 3 N–H and O–H groups in total. The molecule has 17 heavy (non-hydrogen) atoms. The highest BCUT2D eigenvalue weighted by molar-refractivity contribution is 5.92. The normalized spacial score (nSPS) is 12.2. The second-order valence-electron chi connectivity index (χ2n) is 4.12. The Morgan fingerprint density at radius 2 is 2.00 bits per heavy atom. The third-order valence-electron chi connectivity index (χ3n) is 2.58. The maximum atomic E-state index is 11.7. The SMILES string of the molecule is CNCC(C)C(=O)Nc1ccc(CCO)cc1. The van der Waals surface area contributed by atoms with Gasteiger partial charge in [-0.1, -0.05) is 19.1 Å². The summed E-state index contributed by atoms with van der Waals surface area (Å²) in [7, 11) is 1.83. The Morgan fingerprint density at radius 3 is 2.53 bits per heavy atom. The van der Waals surface area contributed by atoms with Gasteiger partial charge in [0.1, 0.15) is 0 Å². The fraction of sp³-hybridized carbons (Fsp3) is 0.462. The average molecular weight is 236 g/mol. The van der Waals surface area contributed by atoms with Crippen molar-refractivity contribution in [2.24, 2.45) is 5.92 Å². The van der Waals surface area contributed by atoms with E-state index in [1.54, 1.807) is 0 Å². The van der Waals surface area contributed by atoms with Crippen LogP contribution in [0.2, 0.25) is 0 Å². The highest BCUT2D eigenvalue weighted by atomic mass is 16.2. The number of amides is 1. The number of rotatable bonds is 6. The van der Waals surface area contributed by atoms with Gasteiger partial charge in [-0.2, -0.15) is 0 Å². The van der Waals surface area contributed by atoms with Crippen LogP contribution in [0.5, 0.6) is 0 Å². The summed E-state index contributed by atoms with van der Waals surface area (Å²) in [4.78, 5) is 11.7. The van der Waals surface area contributed by atoms with Gasteiger partial charge in [-0.3, -0.25) is 4.79 Å². The van der Waals surface area contributed by atoms with E-state index >= 15 is 0 Å². The standard InChI is InChI=1S/C13H20N2O2/c1-10(9-14-2)13(17)15-12-5-3-11(4-6-12)7-8-16/h3-6,10,14,16H,7-9H2,1-2H3,(H,15,17). The van der Waals surface area contributed by atoms with Crippen molar-refractivity contribution in [3.63, 3.8) is 0 Å². The van der Waals surface area contributed by atoms with Crippen LogP contribution in [0.1, 0.15) is 12.5 Å². The van der Waals surface area contributed by atoms with Gasteiger partial charge < -0.3 is 15.7 Å². The number of hydrogen-bond acceptors (Lipinski definition) is 3. The Bertz CT molecular complexity index is 349. The predicted molar refractivity (Wildman–Crippen MR) is 69.0 cm³/mol. The molecule has 94 valence electrons. The van der Waals surface area contributed by atoms with Gasteiger partial charge in [-0.25, -0.2) is 0 Å². The Labute approximate surface area is 102 Å². The van der Waals surface area contributed by atoms with E-state index in [0.29, 0.717) is 13.0 Å². The van der Waals surface area contributed by atoms with Crippen LogP contribution in [0.25, 0.3) is 0 Å². The first-order valence-electron chi connectivity index (χ1n) is 5.82. The van der Waals surface area contributed by atoms with Gasteiger partial charge in [0.2, 0.25) is 5.91 Å². The Morgan fingerprint density at radius 1 is 1.35 bits per heavy atom. The third-order valence-corrected chi connectivity index (χ3v) is 2.58. The molecule has 0 saturated carbocycles. The first kappa shape index (κ1) is 13.7. The maximum absolute atomic E-state index is 11.7. The van der Waals surface area contributed by atoms with Crippen LogP contribution < -0.4 is 10.6 Å². The van der Waals surface area contributed by atoms with Gasteiger partial charge in [0, 0.05) is 24.8 Å². The molecule has 0 aliphatic carbocycles. The molecule has 4 heteroatoms.